The molecule has 156 valence electrons. The van der Waals surface area contributed by atoms with Gasteiger partial charge in [-0.05, 0) is 18.2 Å². The molecule has 30 heavy (non-hydrogen) atoms. The number of carboxylic acids is 1. The minimum Gasteiger partial charge on any atom is -0.477 e. The molecule has 0 unspecified atom stereocenters. The Labute approximate surface area is 172 Å². The van der Waals surface area contributed by atoms with E-state index in [2.05, 4.69) is 4.98 Å². The van der Waals surface area contributed by atoms with Crippen LogP contribution in [0, 0.1) is 11.6 Å². The highest BCUT2D eigenvalue weighted by atomic mass is 35.5. The van der Waals surface area contributed by atoms with E-state index in [0.717, 1.165) is 16.8 Å². The van der Waals surface area contributed by atoms with E-state index in [4.69, 9.17) is 11.6 Å². The third-order valence-electron chi connectivity index (χ3n) is 4.87. The molecule has 1 aliphatic heterocycles. The van der Waals surface area contributed by atoms with Gasteiger partial charge in [0.2, 0.25) is 5.43 Å². The molecule has 1 fully saturated rings. The van der Waals surface area contributed by atoms with Crippen molar-refractivity contribution < 1.29 is 28.9 Å². The average Bonchev–Trinajstić information content (AvgIpc) is 3.01. The third-order valence-corrected chi connectivity index (χ3v) is 5.16. The predicted octanol–water partition coefficient (Wildman–Crippen LogP) is 1.56. The van der Waals surface area contributed by atoms with Crippen molar-refractivity contribution in [1.82, 2.24) is 9.55 Å². The summed E-state index contributed by atoms with van der Waals surface area (Å²) in [5.41, 5.74) is -1.99. The predicted molar refractivity (Wildman–Crippen MR) is 103 cm³/mol. The molecule has 11 heteroatoms. The molecule has 3 heterocycles. The van der Waals surface area contributed by atoms with Crippen LogP contribution >= 0.6 is 11.6 Å². The summed E-state index contributed by atoms with van der Waals surface area (Å²) in [6.45, 7) is 0.144. The van der Waals surface area contributed by atoms with Crippen molar-refractivity contribution in [2.75, 3.05) is 18.0 Å². The topological polar surface area (TPSA) is 116 Å². The molecule has 3 N–H and O–H groups in total. The zero-order chi connectivity index (χ0) is 21.7. The van der Waals surface area contributed by atoms with Gasteiger partial charge in [0.15, 0.2) is 11.5 Å². The quantitative estimate of drug-likeness (QED) is 0.569. The van der Waals surface area contributed by atoms with Crippen molar-refractivity contribution in [3.63, 3.8) is 0 Å². The maximum absolute atomic E-state index is 14.6. The number of carbonyl (C=O) groups is 1. The lowest BCUT2D eigenvalue weighted by atomic mass is 10.1. The minimum atomic E-state index is -1.54. The van der Waals surface area contributed by atoms with Gasteiger partial charge >= 0.3 is 5.97 Å². The lowest BCUT2D eigenvalue weighted by molar-refractivity contribution is 0.0572. The molecular formula is C19H14ClF2N3O5. The van der Waals surface area contributed by atoms with Crippen molar-refractivity contribution >= 4 is 34.4 Å². The van der Waals surface area contributed by atoms with Crippen LogP contribution in [0.3, 0.4) is 0 Å². The van der Waals surface area contributed by atoms with Gasteiger partial charge in [-0.1, -0.05) is 11.6 Å². The fourth-order valence-electron chi connectivity index (χ4n) is 3.41. The molecule has 1 saturated heterocycles. The number of aliphatic hydroxyl groups excluding tert-OH is 2. The fourth-order valence-corrected chi connectivity index (χ4v) is 3.70. The molecule has 2 aromatic heterocycles. The molecule has 2 atom stereocenters. The summed E-state index contributed by atoms with van der Waals surface area (Å²) in [6.07, 6.45) is -1.12. The van der Waals surface area contributed by atoms with Crippen LogP contribution in [0.2, 0.25) is 5.02 Å². The number of β-amino-alcohol motifs (C(OH)–C–C–N with tert-alkyl or cyclic N) is 2. The van der Waals surface area contributed by atoms with Gasteiger partial charge in [0, 0.05) is 25.4 Å². The second kappa shape index (κ2) is 7.31. The van der Waals surface area contributed by atoms with Crippen molar-refractivity contribution in [2.24, 2.45) is 0 Å². The summed E-state index contributed by atoms with van der Waals surface area (Å²) in [7, 11) is 0. The number of anilines is 1. The molecule has 0 saturated carbocycles. The number of halogens is 3. The Bertz CT molecular complexity index is 1220. The summed E-state index contributed by atoms with van der Waals surface area (Å²) in [6, 6.07) is 4.16. The molecule has 3 aromatic rings. The monoisotopic (exact) mass is 437 g/mol. The van der Waals surface area contributed by atoms with Gasteiger partial charge in [-0.25, -0.2) is 18.6 Å². The number of pyridine rings is 2. The Morgan fingerprint density at radius 1 is 1.17 bits per heavy atom. The maximum atomic E-state index is 14.6. The van der Waals surface area contributed by atoms with Crippen LogP contribution in [0.4, 0.5) is 14.6 Å². The van der Waals surface area contributed by atoms with Crippen LogP contribution in [0.15, 0.2) is 35.3 Å². The number of carboxylic acid groups (broad SMARTS) is 1. The average molecular weight is 438 g/mol. The lowest BCUT2D eigenvalue weighted by Gasteiger charge is -2.19. The zero-order valence-electron chi connectivity index (χ0n) is 15.1. The van der Waals surface area contributed by atoms with Crippen molar-refractivity contribution in [2.45, 2.75) is 12.2 Å². The molecule has 0 bridgehead atoms. The summed E-state index contributed by atoms with van der Waals surface area (Å²) in [4.78, 5) is 30.0. The second-order valence-corrected chi connectivity index (χ2v) is 7.25. The van der Waals surface area contributed by atoms with Crippen LogP contribution in [-0.4, -0.2) is 56.1 Å². The number of nitrogens with zero attached hydrogens (tertiary/aromatic N) is 3. The van der Waals surface area contributed by atoms with E-state index in [1.165, 1.54) is 12.1 Å². The van der Waals surface area contributed by atoms with Crippen molar-refractivity contribution in [3.05, 3.63) is 62.9 Å². The number of rotatable bonds is 3. The summed E-state index contributed by atoms with van der Waals surface area (Å²) < 4.78 is 29.1. The summed E-state index contributed by atoms with van der Waals surface area (Å²) in [5.74, 6) is -3.30. The second-order valence-electron chi connectivity index (χ2n) is 6.85. The normalized spacial score (nSPS) is 18.9. The highest BCUT2D eigenvalue weighted by molar-refractivity contribution is 6.32. The van der Waals surface area contributed by atoms with Gasteiger partial charge in [0.05, 0.1) is 22.6 Å². The van der Waals surface area contributed by atoms with E-state index in [-0.39, 0.29) is 40.7 Å². The lowest BCUT2D eigenvalue weighted by Crippen LogP contribution is -2.24. The van der Waals surface area contributed by atoms with Crippen LogP contribution < -0.4 is 10.3 Å². The first-order valence-electron chi connectivity index (χ1n) is 8.73. The van der Waals surface area contributed by atoms with E-state index in [0.29, 0.717) is 6.07 Å². The first-order valence-corrected chi connectivity index (χ1v) is 9.11. The number of aromatic carboxylic acids is 1. The maximum Gasteiger partial charge on any atom is 0.341 e. The molecule has 1 aliphatic rings. The number of benzene rings is 1. The zero-order valence-corrected chi connectivity index (χ0v) is 15.8. The van der Waals surface area contributed by atoms with Gasteiger partial charge in [0.25, 0.3) is 0 Å². The number of hydrogen-bond acceptors (Lipinski definition) is 6. The fraction of sp³-hybridized carbons (Fsp3) is 0.211. The standard InChI is InChI=1S/C19H14ClF2N3O5/c20-11-3-8(21)4-12(22)16(11)25-5-10(19(29)30)17(28)9-1-2-15(23-18(9)25)24-6-13(26)14(27)7-24/h1-5,13-14,26-27H,6-7H2,(H,29,30)/t13-,14-/m1/s1. The van der Waals surface area contributed by atoms with Gasteiger partial charge in [-0.2, -0.15) is 0 Å². The van der Waals surface area contributed by atoms with Crippen molar-refractivity contribution in [1.29, 1.82) is 0 Å². The largest absolute Gasteiger partial charge is 0.477 e. The SMILES string of the molecule is O=C(O)c1cn(-c2c(F)cc(F)cc2Cl)c2nc(N3C[C@@H](O)[C@H](O)C3)ccc2c1=O. The van der Waals surface area contributed by atoms with E-state index >= 15 is 0 Å². The molecule has 8 nitrogen and oxygen atoms in total. The number of aromatic nitrogens is 2. The van der Waals surface area contributed by atoms with Gasteiger partial charge in [-0.3, -0.25) is 9.36 Å². The van der Waals surface area contributed by atoms with Gasteiger partial charge < -0.3 is 20.2 Å². The molecule has 1 aromatic carbocycles. The minimum absolute atomic E-state index is 0.0722. The van der Waals surface area contributed by atoms with Crippen LogP contribution in [-0.2, 0) is 0 Å². The highest BCUT2D eigenvalue weighted by Gasteiger charge is 2.31. The molecule has 0 amide bonds. The Hall–Kier alpha value is -3.08. The molecular weight excluding hydrogens is 424 g/mol. The molecule has 0 radical (unpaired) electrons. The van der Waals surface area contributed by atoms with Crippen LogP contribution in [0.1, 0.15) is 10.4 Å². The summed E-state index contributed by atoms with van der Waals surface area (Å²) >= 11 is 6.02. The Morgan fingerprint density at radius 2 is 1.83 bits per heavy atom. The van der Waals surface area contributed by atoms with E-state index in [1.54, 1.807) is 4.90 Å². The van der Waals surface area contributed by atoms with Gasteiger partial charge in [-0.15, -0.1) is 0 Å². The molecule has 0 spiro atoms. The number of aliphatic hydroxyl groups is 2. The van der Waals surface area contributed by atoms with E-state index in [1.807, 2.05) is 0 Å². The van der Waals surface area contributed by atoms with Crippen LogP contribution in [0.5, 0.6) is 0 Å². The van der Waals surface area contributed by atoms with Crippen LogP contribution in [0.25, 0.3) is 16.7 Å². The molecule has 0 aliphatic carbocycles. The van der Waals surface area contributed by atoms with E-state index < -0.39 is 40.8 Å². The number of fused-ring (bicyclic) bond motifs is 1. The smallest absolute Gasteiger partial charge is 0.341 e. The van der Waals surface area contributed by atoms with Gasteiger partial charge in [0.1, 0.15) is 22.9 Å². The van der Waals surface area contributed by atoms with E-state index in [9.17, 15) is 33.7 Å². The molecule has 4 rings (SSSR count). The Balaban J connectivity index is 2.02. The first-order chi connectivity index (χ1) is 14.2. The Morgan fingerprint density at radius 3 is 2.43 bits per heavy atom. The third kappa shape index (κ3) is 3.28. The number of hydrogen-bond donors (Lipinski definition) is 3. The first kappa shape index (κ1) is 20.2. The highest BCUT2D eigenvalue weighted by Crippen LogP contribution is 2.29. The summed E-state index contributed by atoms with van der Waals surface area (Å²) in [5, 5.41) is 28.4. The Kier molecular flexibility index (Phi) is 4.92. The van der Waals surface area contributed by atoms with Crippen molar-refractivity contribution in [3.8, 4) is 5.69 Å².